The molecule has 0 bridgehead atoms. The van der Waals surface area contributed by atoms with Gasteiger partial charge in [-0.15, -0.1) is 6.58 Å². The molecule has 2 amide bonds. The van der Waals surface area contributed by atoms with Crippen LogP contribution in [0.5, 0.6) is 0 Å². The van der Waals surface area contributed by atoms with Gasteiger partial charge in [-0.3, -0.25) is 9.69 Å². The summed E-state index contributed by atoms with van der Waals surface area (Å²) in [7, 11) is 1.54. The van der Waals surface area contributed by atoms with Gasteiger partial charge in [-0.2, -0.15) is 5.26 Å². The minimum Gasteiger partial charge on any atom is -0.480 e. The lowest BCUT2D eigenvalue weighted by Crippen LogP contribution is -2.43. The molecule has 0 saturated carbocycles. The van der Waals surface area contributed by atoms with Crippen LogP contribution in [-0.2, 0) is 4.79 Å². The maximum atomic E-state index is 12.2. The average Bonchev–Trinajstić information content (AvgIpc) is 2.45. The van der Waals surface area contributed by atoms with E-state index >= 15 is 0 Å². The van der Waals surface area contributed by atoms with Crippen molar-refractivity contribution in [2.24, 2.45) is 0 Å². The number of benzene rings is 1. The minimum atomic E-state index is -1.09. The Morgan fingerprint density at radius 1 is 1.40 bits per heavy atom. The first-order valence-corrected chi connectivity index (χ1v) is 5.85. The third-order valence-corrected chi connectivity index (χ3v) is 2.62. The predicted octanol–water partition coefficient (Wildman–Crippen LogP) is 1.69. The third-order valence-electron chi connectivity index (χ3n) is 2.62. The maximum Gasteiger partial charge on any atom is 0.325 e. The fourth-order valence-corrected chi connectivity index (χ4v) is 1.61. The normalized spacial score (nSPS) is 9.40. The van der Waals surface area contributed by atoms with E-state index in [1.165, 1.54) is 11.0 Å². The summed E-state index contributed by atoms with van der Waals surface area (Å²) in [6, 6.07) is 7.98. The van der Waals surface area contributed by atoms with Gasteiger partial charge in [0.1, 0.15) is 6.54 Å². The van der Waals surface area contributed by atoms with Gasteiger partial charge in [-0.1, -0.05) is 6.08 Å². The number of nitrogens with zero attached hydrogens (tertiary/aromatic N) is 3. The molecule has 0 aromatic heterocycles. The minimum absolute atomic E-state index is 0.145. The van der Waals surface area contributed by atoms with E-state index < -0.39 is 18.5 Å². The molecule has 0 heterocycles. The van der Waals surface area contributed by atoms with E-state index in [1.54, 1.807) is 31.3 Å². The van der Waals surface area contributed by atoms with Crippen molar-refractivity contribution in [2.75, 3.05) is 25.0 Å². The van der Waals surface area contributed by atoms with Crippen LogP contribution in [0, 0.1) is 11.3 Å². The number of carboxylic acid groups (broad SMARTS) is 1. The number of urea groups is 1. The van der Waals surface area contributed by atoms with Crippen LogP contribution in [0.15, 0.2) is 36.9 Å². The van der Waals surface area contributed by atoms with Gasteiger partial charge in [0.15, 0.2) is 0 Å². The summed E-state index contributed by atoms with van der Waals surface area (Å²) in [4.78, 5) is 25.4. The highest BCUT2D eigenvalue weighted by molar-refractivity contribution is 5.93. The Labute approximate surface area is 117 Å². The Bertz CT molecular complexity index is 546. The van der Waals surface area contributed by atoms with Crippen LogP contribution >= 0.6 is 0 Å². The molecule has 1 aromatic rings. The van der Waals surface area contributed by atoms with Crippen molar-refractivity contribution in [3.63, 3.8) is 0 Å². The molecule has 1 rings (SSSR count). The first-order valence-electron chi connectivity index (χ1n) is 5.85. The van der Waals surface area contributed by atoms with Crippen molar-refractivity contribution in [1.82, 2.24) is 4.90 Å². The van der Waals surface area contributed by atoms with Crippen molar-refractivity contribution in [2.45, 2.75) is 0 Å². The molecule has 104 valence electrons. The van der Waals surface area contributed by atoms with Crippen LogP contribution in [0.1, 0.15) is 5.56 Å². The fourth-order valence-electron chi connectivity index (χ4n) is 1.61. The van der Waals surface area contributed by atoms with E-state index in [1.807, 2.05) is 6.07 Å². The fraction of sp³-hybridized carbons (Fsp3) is 0.214. The number of rotatable bonds is 5. The van der Waals surface area contributed by atoms with Gasteiger partial charge in [0, 0.05) is 19.3 Å². The Balaban J connectivity index is 2.89. The van der Waals surface area contributed by atoms with Crippen molar-refractivity contribution < 1.29 is 14.7 Å². The van der Waals surface area contributed by atoms with Gasteiger partial charge in [0.05, 0.1) is 11.6 Å². The van der Waals surface area contributed by atoms with Gasteiger partial charge < -0.3 is 10.0 Å². The second-order valence-corrected chi connectivity index (χ2v) is 4.06. The Morgan fingerprint density at radius 2 is 2.00 bits per heavy atom. The van der Waals surface area contributed by atoms with Crippen molar-refractivity contribution in [3.05, 3.63) is 42.5 Å². The van der Waals surface area contributed by atoms with E-state index in [0.717, 1.165) is 4.90 Å². The molecule has 0 spiro atoms. The standard InChI is InChI=1S/C14H15N3O3/c1-3-8-17(10-13(18)19)14(20)16(2)12-6-4-11(9-15)5-7-12/h3-7H,1,8,10H2,2H3,(H,18,19). The number of aliphatic carboxylic acids is 1. The van der Waals surface area contributed by atoms with Crippen LogP contribution in [-0.4, -0.2) is 42.1 Å². The van der Waals surface area contributed by atoms with Gasteiger partial charge in [-0.25, -0.2) is 4.79 Å². The second kappa shape index (κ2) is 6.95. The molecule has 6 nitrogen and oxygen atoms in total. The maximum absolute atomic E-state index is 12.2. The average molecular weight is 273 g/mol. The van der Waals surface area contributed by atoms with Crippen LogP contribution in [0.25, 0.3) is 0 Å². The highest BCUT2D eigenvalue weighted by Crippen LogP contribution is 2.15. The zero-order chi connectivity index (χ0) is 15.1. The monoisotopic (exact) mass is 273 g/mol. The molecule has 0 fully saturated rings. The molecule has 1 N–H and O–H groups in total. The first-order chi connectivity index (χ1) is 9.49. The molecule has 0 aliphatic heterocycles. The number of hydrogen-bond acceptors (Lipinski definition) is 3. The number of nitriles is 1. The molecule has 1 aromatic carbocycles. The van der Waals surface area contributed by atoms with E-state index in [4.69, 9.17) is 10.4 Å². The van der Waals surface area contributed by atoms with E-state index in [9.17, 15) is 9.59 Å². The smallest absolute Gasteiger partial charge is 0.325 e. The van der Waals surface area contributed by atoms with Crippen LogP contribution < -0.4 is 4.90 Å². The van der Waals surface area contributed by atoms with E-state index in [2.05, 4.69) is 6.58 Å². The Hall–Kier alpha value is -2.81. The molecule has 0 saturated heterocycles. The lowest BCUT2D eigenvalue weighted by Gasteiger charge is -2.26. The molecule has 0 unspecified atom stereocenters. The molecule has 0 aliphatic carbocycles. The summed E-state index contributed by atoms with van der Waals surface area (Å²) in [6.07, 6.45) is 1.47. The molecule has 6 heteroatoms. The lowest BCUT2D eigenvalue weighted by molar-refractivity contribution is -0.137. The first kappa shape index (κ1) is 15.2. The van der Waals surface area contributed by atoms with E-state index in [0.29, 0.717) is 11.3 Å². The van der Waals surface area contributed by atoms with Gasteiger partial charge in [0.2, 0.25) is 0 Å². The third kappa shape index (κ3) is 3.85. The number of carbonyl (C=O) groups is 2. The van der Waals surface area contributed by atoms with Crippen molar-refractivity contribution >= 4 is 17.7 Å². The topological polar surface area (TPSA) is 84.6 Å². The van der Waals surface area contributed by atoms with Crippen LogP contribution in [0.4, 0.5) is 10.5 Å². The molecule has 20 heavy (non-hydrogen) atoms. The van der Waals surface area contributed by atoms with Crippen molar-refractivity contribution in [3.8, 4) is 6.07 Å². The van der Waals surface area contributed by atoms with Crippen LogP contribution in [0.3, 0.4) is 0 Å². The Kier molecular flexibility index (Phi) is 5.30. The van der Waals surface area contributed by atoms with Gasteiger partial charge in [0.25, 0.3) is 0 Å². The number of anilines is 1. The molecule has 0 radical (unpaired) electrons. The van der Waals surface area contributed by atoms with Crippen molar-refractivity contribution in [1.29, 1.82) is 5.26 Å². The second-order valence-electron chi connectivity index (χ2n) is 4.06. The predicted molar refractivity (Wildman–Crippen MR) is 74.4 cm³/mol. The van der Waals surface area contributed by atoms with Gasteiger partial charge >= 0.3 is 12.0 Å². The van der Waals surface area contributed by atoms with Gasteiger partial charge in [-0.05, 0) is 24.3 Å². The molecule has 0 atom stereocenters. The van der Waals surface area contributed by atoms with E-state index in [-0.39, 0.29) is 6.54 Å². The zero-order valence-electron chi connectivity index (χ0n) is 11.1. The summed E-state index contributed by atoms with van der Waals surface area (Å²) in [5, 5.41) is 17.5. The number of hydrogen-bond donors (Lipinski definition) is 1. The number of carboxylic acids is 1. The Morgan fingerprint density at radius 3 is 2.45 bits per heavy atom. The summed E-state index contributed by atoms with van der Waals surface area (Å²) >= 11 is 0. The summed E-state index contributed by atoms with van der Waals surface area (Å²) in [5.41, 5.74) is 1.07. The quantitative estimate of drug-likeness (QED) is 0.827. The number of carbonyl (C=O) groups excluding carboxylic acids is 1. The largest absolute Gasteiger partial charge is 0.480 e. The summed E-state index contributed by atoms with van der Waals surface area (Å²) in [5.74, 6) is -1.09. The molecular weight excluding hydrogens is 258 g/mol. The summed E-state index contributed by atoms with van der Waals surface area (Å²) < 4.78 is 0. The molecule has 0 aliphatic rings. The highest BCUT2D eigenvalue weighted by atomic mass is 16.4. The summed E-state index contributed by atoms with van der Waals surface area (Å²) in [6.45, 7) is 3.25. The zero-order valence-corrected chi connectivity index (χ0v) is 11.1. The number of amides is 2. The SMILES string of the molecule is C=CCN(CC(=O)O)C(=O)N(C)c1ccc(C#N)cc1. The lowest BCUT2D eigenvalue weighted by atomic mass is 10.2. The highest BCUT2D eigenvalue weighted by Gasteiger charge is 2.20. The molecular formula is C14H15N3O3. The van der Waals surface area contributed by atoms with Crippen LogP contribution in [0.2, 0.25) is 0 Å².